The number of benzene rings is 1. The van der Waals surface area contributed by atoms with Gasteiger partial charge in [0.15, 0.2) is 0 Å². The summed E-state index contributed by atoms with van der Waals surface area (Å²) in [6.45, 7) is 0. The second-order valence-corrected chi connectivity index (χ2v) is 2.92. The molecule has 68 valence electrons. The molecule has 0 aliphatic heterocycles. The van der Waals surface area contributed by atoms with Crippen LogP contribution < -0.4 is 0 Å². The Bertz CT molecular complexity index is 350. The van der Waals surface area contributed by atoms with Crippen LogP contribution in [0.15, 0.2) is 18.2 Å². The summed E-state index contributed by atoms with van der Waals surface area (Å²) in [5, 5.41) is 18.3. The van der Waals surface area contributed by atoms with Crippen molar-refractivity contribution >= 4 is 12.6 Å². The molecule has 1 rings (SSSR count). The standard InChI is InChI=1S/C10H10O2S/c11-9-5-4-8(10(12)7-9)3-1-2-6-13/h4-5,7,11-13H,2,6H2. The van der Waals surface area contributed by atoms with Gasteiger partial charge in [0.05, 0.1) is 5.56 Å². The second kappa shape index (κ2) is 4.68. The first kappa shape index (κ1) is 9.82. The predicted octanol–water partition coefficient (Wildman–Crippen LogP) is 1.77. The molecule has 2 nitrogen and oxygen atoms in total. The Kier molecular flexibility index (Phi) is 3.53. The summed E-state index contributed by atoms with van der Waals surface area (Å²) in [6, 6.07) is 4.34. The van der Waals surface area contributed by atoms with Gasteiger partial charge < -0.3 is 10.2 Å². The van der Waals surface area contributed by atoms with Gasteiger partial charge in [-0.25, -0.2) is 0 Å². The minimum absolute atomic E-state index is 0.00617. The Morgan fingerprint density at radius 2 is 2.08 bits per heavy atom. The summed E-state index contributed by atoms with van der Waals surface area (Å²) < 4.78 is 0. The molecule has 0 saturated heterocycles. The van der Waals surface area contributed by atoms with Crippen LogP contribution in [0.3, 0.4) is 0 Å². The largest absolute Gasteiger partial charge is 0.508 e. The van der Waals surface area contributed by atoms with Gasteiger partial charge in [-0.05, 0) is 12.1 Å². The van der Waals surface area contributed by atoms with E-state index in [0.29, 0.717) is 17.7 Å². The number of hydrogen-bond donors (Lipinski definition) is 3. The average molecular weight is 194 g/mol. The molecule has 0 bridgehead atoms. The molecule has 0 amide bonds. The molecule has 0 spiro atoms. The molecule has 0 unspecified atom stereocenters. The van der Waals surface area contributed by atoms with Crippen molar-refractivity contribution in [3.8, 4) is 23.3 Å². The Hall–Kier alpha value is -1.27. The fourth-order valence-electron chi connectivity index (χ4n) is 0.839. The number of thiol groups is 1. The third-order valence-electron chi connectivity index (χ3n) is 1.44. The van der Waals surface area contributed by atoms with Crippen molar-refractivity contribution in [3.05, 3.63) is 23.8 Å². The van der Waals surface area contributed by atoms with Gasteiger partial charge in [-0.15, -0.1) is 0 Å². The summed E-state index contributed by atoms with van der Waals surface area (Å²) in [6.07, 6.45) is 0.684. The van der Waals surface area contributed by atoms with Crippen LogP contribution in [0.2, 0.25) is 0 Å². The van der Waals surface area contributed by atoms with Gasteiger partial charge in [0, 0.05) is 18.2 Å². The summed E-state index contributed by atoms with van der Waals surface area (Å²) >= 11 is 4.00. The lowest BCUT2D eigenvalue weighted by Crippen LogP contribution is -1.76. The average Bonchev–Trinajstić information content (AvgIpc) is 2.09. The van der Waals surface area contributed by atoms with Crippen LogP contribution >= 0.6 is 12.6 Å². The van der Waals surface area contributed by atoms with E-state index in [9.17, 15) is 5.11 Å². The summed E-state index contributed by atoms with van der Waals surface area (Å²) in [5.41, 5.74) is 0.527. The first-order chi connectivity index (χ1) is 6.24. The molecule has 0 fully saturated rings. The van der Waals surface area contributed by atoms with Gasteiger partial charge in [-0.2, -0.15) is 12.6 Å². The summed E-state index contributed by atoms with van der Waals surface area (Å²) in [4.78, 5) is 0. The van der Waals surface area contributed by atoms with E-state index in [-0.39, 0.29) is 11.5 Å². The third-order valence-corrected chi connectivity index (χ3v) is 1.66. The maximum absolute atomic E-state index is 9.31. The lowest BCUT2D eigenvalue weighted by molar-refractivity contribution is 0.449. The molecule has 0 atom stereocenters. The van der Waals surface area contributed by atoms with Gasteiger partial charge in [0.25, 0.3) is 0 Å². The molecule has 0 aliphatic rings. The lowest BCUT2D eigenvalue weighted by atomic mass is 10.2. The van der Waals surface area contributed by atoms with Crippen LogP contribution in [-0.2, 0) is 0 Å². The van der Waals surface area contributed by atoms with E-state index in [4.69, 9.17) is 5.11 Å². The van der Waals surface area contributed by atoms with Gasteiger partial charge in [-0.1, -0.05) is 11.8 Å². The minimum atomic E-state index is 0.00617. The normalized spacial score (nSPS) is 9.00. The van der Waals surface area contributed by atoms with Crippen LogP contribution in [0.1, 0.15) is 12.0 Å². The fraction of sp³-hybridized carbons (Fsp3) is 0.200. The number of aromatic hydroxyl groups is 2. The van der Waals surface area contributed by atoms with E-state index >= 15 is 0 Å². The molecule has 3 heteroatoms. The lowest BCUT2D eigenvalue weighted by Gasteiger charge is -1.96. The highest BCUT2D eigenvalue weighted by molar-refractivity contribution is 7.80. The van der Waals surface area contributed by atoms with Gasteiger partial charge in [0.2, 0.25) is 0 Å². The number of phenolic OH excluding ortho intramolecular Hbond substituents is 2. The molecular weight excluding hydrogens is 184 g/mol. The predicted molar refractivity (Wildman–Crippen MR) is 55.1 cm³/mol. The molecule has 0 aliphatic carbocycles. The van der Waals surface area contributed by atoms with Crippen LogP contribution in [0.4, 0.5) is 0 Å². The molecule has 0 saturated carbocycles. The van der Waals surface area contributed by atoms with E-state index in [0.717, 1.165) is 0 Å². The molecule has 0 radical (unpaired) electrons. The van der Waals surface area contributed by atoms with E-state index in [1.165, 1.54) is 12.1 Å². The van der Waals surface area contributed by atoms with Crippen molar-refractivity contribution in [2.75, 3.05) is 5.75 Å². The first-order valence-corrected chi connectivity index (χ1v) is 4.49. The first-order valence-electron chi connectivity index (χ1n) is 3.86. The molecule has 1 aromatic carbocycles. The van der Waals surface area contributed by atoms with Crippen LogP contribution in [0.25, 0.3) is 0 Å². The Morgan fingerprint density at radius 3 is 2.69 bits per heavy atom. The smallest absolute Gasteiger partial charge is 0.134 e. The number of rotatable bonds is 1. The third kappa shape index (κ3) is 2.92. The second-order valence-electron chi connectivity index (χ2n) is 2.48. The zero-order chi connectivity index (χ0) is 9.68. The maximum atomic E-state index is 9.31. The zero-order valence-corrected chi connectivity index (χ0v) is 7.88. The minimum Gasteiger partial charge on any atom is -0.508 e. The monoisotopic (exact) mass is 194 g/mol. The summed E-state index contributed by atoms with van der Waals surface area (Å²) in [7, 11) is 0. The Balaban J connectivity index is 2.85. The Labute approximate surface area is 82.6 Å². The molecule has 0 aromatic heterocycles. The van der Waals surface area contributed by atoms with Crippen LogP contribution in [0, 0.1) is 11.8 Å². The van der Waals surface area contributed by atoms with Crippen molar-refractivity contribution < 1.29 is 10.2 Å². The van der Waals surface area contributed by atoms with Crippen LogP contribution in [0.5, 0.6) is 11.5 Å². The fourth-order valence-corrected chi connectivity index (χ4v) is 0.951. The molecule has 0 heterocycles. The quantitative estimate of drug-likeness (QED) is 0.471. The zero-order valence-electron chi connectivity index (χ0n) is 6.99. The van der Waals surface area contributed by atoms with Crippen molar-refractivity contribution in [2.45, 2.75) is 6.42 Å². The molecule has 1 aromatic rings. The van der Waals surface area contributed by atoms with E-state index in [1.54, 1.807) is 6.07 Å². The van der Waals surface area contributed by atoms with Gasteiger partial charge in [-0.3, -0.25) is 0 Å². The Morgan fingerprint density at radius 1 is 1.31 bits per heavy atom. The molecule has 2 N–H and O–H groups in total. The van der Waals surface area contributed by atoms with E-state index < -0.39 is 0 Å². The van der Waals surface area contributed by atoms with Crippen molar-refractivity contribution in [3.63, 3.8) is 0 Å². The van der Waals surface area contributed by atoms with Crippen molar-refractivity contribution in [1.82, 2.24) is 0 Å². The highest BCUT2D eigenvalue weighted by Gasteiger charge is 1.97. The molecular formula is C10H10O2S. The van der Waals surface area contributed by atoms with Crippen molar-refractivity contribution in [1.29, 1.82) is 0 Å². The van der Waals surface area contributed by atoms with Crippen molar-refractivity contribution in [2.24, 2.45) is 0 Å². The van der Waals surface area contributed by atoms with E-state index in [2.05, 4.69) is 24.5 Å². The molecule has 13 heavy (non-hydrogen) atoms. The topological polar surface area (TPSA) is 40.5 Å². The number of phenols is 2. The highest BCUT2D eigenvalue weighted by atomic mass is 32.1. The van der Waals surface area contributed by atoms with Crippen LogP contribution in [-0.4, -0.2) is 16.0 Å². The highest BCUT2D eigenvalue weighted by Crippen LogP contribution is 2.21. The van der Waals surface area contributed by atoms with Gasteiger partial charge >= 0.3 is 0 Å². The van der Waals surface area contributed by atoms with E-state index in [1.807, 2.05) is 0 Å². The van der Waals surface area contributed by atoms with Gasteiger partial charge in [0.1, 0.15) is 11.5 Å². The number of hydrogen-bond acceptors (Lipinski definition) is 3. The maximum Gasteiger partial charge on any atom is 0.134 e. The summed E-state index contributed by atoms with van der Waals surface area (Å²) in [5.74, 6) is 6.37. The SMILES string of the molecule is Oc1ccc(C#CCCS)c(O)c1.